The summed E-state index contributed by atoms with van der Waals surface area (Å²) in [6, 6.07) is 2.29. The van der Waals surface area contributed by atoms with Gasteiger partial charge in [-0.15, -0.1) is 0 Å². The number of aromatic nitrogens is 1. The molecule has 15 heavy (non-hydrogen) atoms. The first-order valence-electron chi connectivity index (χ1n) is 5.37. The lowest BCUT2D eigenvalue weighted by molar-refractivity contribution is 0.186. The third-order valence-electron chi connectivity index (χ3n) is 3.23. The van der Waals surface area contributed by atoms with Crippen molar-refractivity contribution >= 4 is 0 Å². The number of nitrogens with one attached hydrogen (secondary N) is 1. The molecule has 2 aliphatic heterocycles. The van der Waals surface area contributed by atoms with Crippen LogP contribution in [0.5, 0.6) is 0 Å². The Morgan fingerprint density at radius 1 is 1.47 bits per heavy atom. The van der Waals surface area contributed by atoms with Crippen LogP contribution in [0.1, 0.15) is 23.6 Å². The highest BCUT2D eigenvalue weighted by Gasteiger charge is 2.22. The number of hydrogen-bond donors (Lipinski definition) is 1. The van der Waals surface area contributed by atoms with E-state index < -0.39 is 0 Å². The second kappa shape index (κ2) is 3.47. The Labute approximate surface area is 87.9 Å². The van der Waals surface area contributed by atoms with Crippen LogP contribution in [0.3, 0.4) is 0 Å². The summed E-state index contributed by atoms with van der Waals surface area (Å²) in [5.74, 6) is 0. The van der Waals surface area contributed by atoms with Gasteiger partial charge in [0.2, 0.25) is 0 Å². The third kappa shape index (κ3) is 1.41. The van der Waals surface area contributed by atoms with E-state index in [9.17, 15) is 4.79 Å². The Kier molecular flexibility index (Phi) is 2.11. The van der Waals surface area contributed by atoms with Gasteiger partial charge in [-0.3, -0.25) is 4.79 Å². The van der Waals surface area contributed by atoms with Crippen LogP contribution in [0.25, 0.3) is 0 Å². The molecule has 0 spiro atoms. The van der Waals surface area contributed by atoms with Crippen molar-refractivity contribution < 1.29 is 4.74 Å². The van der Waals surface area contributed by atoms with Crippen molar-refractivity contribution in [2.75, 3.05) is 13.2 Å². The Hall–Kier alpha value is -1.13. The summed E-state index contributed by atoms with van der Waals surface area (Å²) in [6.07, 6.45) is 2.86. The molecule has 3 heterocycles. The monoisotopic (exact) mass is 206 g/mol. The van der Waals surface area contributed by atoms with Gasteiger partial charge in [0.15, 0.2) is 0 Å². The first-order chi connectivity index (χ1) is 7.36. The molecule has 3 rings (SSSR count). The summed E-state index contributed by atoms with van der Waals surface area (Å²) < 4.78 is 7.14. The molecule has 0 saturated carbocycles. The summed E-state index contributed by atoms with van der Waals surface area (Å²) >= 11 is 0. The first-order valence-corrected chi connectivity index (χ1v) is 5.37. The Bertz CT molecular complexity index is 433. The van der Waals surface area contributed by atoms with E-state index >= 15 is 0 Å². The molecule has 4 nitrogen and oxygen atoms in total. The van der Waals surface area contributed by atoms with Crippen molar-refractivity contribution in [1.82, 2.24) is 9.88 Å². The van der Waals surface area contributed by atoms with Crippen molar-refractivity contribution in [3.8, 4) is 0 Å². The maximum Gasteiger partial charge on any atom is 0.255 e. The van der Waals surface area contributed by atoms with Crippen LogP contribution in [0.2, 0.25) is 0 Å². The molecular weight excluding hydrogens is 192 g/mol. The Morgan fingerprint density at radius 2 is 2.40 bits per heavy atom. The third-order valence-corrected chi connectivity index (χ3v) is 3.23. The highest BCUT2D eigenvalue weighted by Crippen LogP contribution is 2.18. The molecule has 1 fully saturated rings. The highest BCUT2D eigenvalue weighted by atomic mass is 16.5. The Morgan fingerprint density at radius 3 is 3.20 bits per heavy atom. The first kappa shape index (κ1) is 9.12. The van der Waals surface area contributed by atoms with Gasteiger partial charge in [0, 0.05) is 31.5 Å². The fraction of sp³-hybridized carbons (Fsp3) is 0.545. The van der Waals surface area contributed by atoms with Gasteiger partial charge in [-0.25, -0.2) is 0 Å². The summed E-state index contributed by atoms with van der Waals surface area (Å²) in [7, 11) is 0. The topological polar surface area (TPSA) is 43.3 Å². The number of rotatable bonds is 1. The normalized spacial score (nSPS) is 24.4. The number of ether oxygens (including phenoxy) is 1. The predicted molar refractivity (Wildman–Crippen MR) is 55.7 cm³/mol. The van der Waals surface area contributed by atoms with E-state index in [1.807, 2.05) is 10.8 Å². The minimum atomic E-state index is 0.160. The SMILES string of the molecule is O=c1c2c(ccn1[C@@H]1CCOC1)CNC2. The van der Waals surface area contributed by atoms with Crippen LogP contribution >= 0.6 is 0 Å². The second-order valence-electron chi connectivity index (χ2n) is 4.15. The molecule has 0 unspecified atom stereocenters. The summed E-state index contributed by atoms with van der Waals surface area (Å²) in [5, 5.41) is 3.20. The number of nitrogens with zero attached hydrogens (tertiary/aromatic N) is 1. The molecule has 2 aliphatic rings. The standard InChI is InChI=1S/C11H14N2O2/c14-11-10-6-12-5-8(10)1-3-13(11)9-2-4-15-7-9/h1,3,9,12H,2,4-7H2/t9-/m1/s1. The lowest BCUT2D eigenvalue weighted by Gasteiger charge is -2.13. The van der Waals surface area contributed by atoms with Gasteiger partial charge in [0.05, 0.1) is 12.6 Å². The molecule has 1 saturated heterocycles. The average Bonchev–Trinajstić information content (AvgIpc) is 2.87. The minimum Gasteiger partial charge on any atom is -0.379 e. The largest absolute Gasteiger partial charge is 0.379 e. The van der Waals surface area contributed by atoms with Crippen LogP contribution in [-0.2, 0) is 17.8 Å². The van der Waals surface area contributed by atoms with E-state index in [1.165, 1.54) is 0 Å². The Balaban J connectivity index is 2.06. The van der Waals surface area contributed by atoms with Gasteiger partial charge in [-0.1, -0.05) is 0 Å². The quantitative estimate of drug-likeness (QED) is 0.724. The van der Waals surface area contributed by atoms with Crippen molar-refractivity contribution in [3.05, 3.63) is 33.7 Å². The molecule has 1 aromatic rings. The average molecular weight is 206 g/mol. The maximum absolute atomic E-state index is 12.1. The number of hydrogen-bond acceptors (Lipinski definition) is 3. The molecule has 0 amide bonds. The van der Waals surface area contributed by atoms with Crippen molar-refractivity contribution in [1.29, 1.82) is 0 Å². The van der Waals surface area contributed by atoms with Crippen molar-refractivity contribution in [3.63, 3.8) is 0 Å². The van der Waals surface area contributed by atoms with Gasteiger partial charge in [0.1, 0.15) is 0 Å². The zero-order valence-corrected chi connectivity index (χ0v) is 8.53. The van der Waals surface area contributed by atoms with Crippen molar-refractivity contribution in [2.45, 2.75) is 25.6 Å². The van der Waals surface area contributed by atoms with Gasteiger partial charge < -0.3 is 14.6 Å². The van der Waals surface area contributed by atoms with Crippen LogP contribution in [0.15, 0.2) is 17.1 Å². The molecule has 1 atom stereocenters. The lowest BCUT2D eigenvalue weighted by atomic mass is 10.1. The van der Waals surface area contributed by atoms with E-state index in [0.29, 0.717) is 13.2 Å². The van der Waals surface area contributed by atoms with E-state index in [-0.39, 0.29) is 11.6 Å². The molecule has 0 radical (unpaired) electrons. The van der Waals surface area contributed by atoms with E-state index in [1.54, 1.807) is 0 Å². The fourth-order valence-corrected chi connectivity index (χ4v) is 2.34. The predicted octanol–water partition coefficient (Wildman–Crippen LogP) is 0.413. The van der Waals surface area contributed by atoms with E-state index in [4.69, 9.17) is 4.74 Å². The van der Waals surface area contributed by atoms with Gasteiger partial charge in [-0.2, -0.15) is 0 Å². The molecule has 1 aromatic heterocycles. The highest BCUT2D eigenvalue weighted by molar-refractivity contribution is 5.27. The lowest BCUT2D eigenvalue weighted by Crippen LogP contribution is -2.27. The van der Waals surface area contributed by atoms with Gasteiger partial charge in [-0.05, 0) is 18.1 Å². The maximum atomic E-state index is 12.1. The van der Waals surface area contributed by atoms with Crippen LogP contribution in [0, 0.1) is 0 Å². The van der Waals surface area contributed by atoms with Crippen LogP contribution in [-0.4, -0.2) is 17.8 Å². The van der Waals surface area contributed by atoms with Crippen molar-refractivity contribution in [2.24, 2.45) is 0 Å². The molecule has 0 aliphatic carbocycles. The zero-order chi connectivity index (χ0) is 10.3. The smallest absolute Gasteiger partial charge is 0.255 e. The molecule has 80 valence electrons. The molecular formula is C11H14N2O2. The number of pyridine rings is 1. The van der Waals surface area contributed by atoms with Crippen LogP contribution in [0.4, 0.5) is 0 Å². The zero-order valence-electron chi connectivity index (χ0n) is 8.53. The van der Waals surface area contributed by atoms with E-state index in [0.717, 1.165) is 30.7 Å². The molecule has 0 bridgehead atoms. The second-order valence-corrected chi connectivity index (χ2v) is 4.15. The summed E-state index contributed by atoms with van der Waals surface area (Å²) in [4.78, 5) is 12.1. The van der Waals surface area contributed by atoms with Crippen LogP contribution < -0.4 is 10.9 Å². The van der Waals surface area contributed by atoms with E-state index in [2.05, 4.69) is 11.4 Å². The van der Waals surface area contributed by atoms with Gasteiger partial charge >= 0.3 is 0 Å². The molecule has 4 heteroatoms. The summed E-state index contributed by atoms with van der Waals surface area (Å²) in [6.45, 7) is 2.98. The molecule has 1 N–H and O–H groups in total. The molecule has 0 aromatic carbocycles. The summed E-state index contributed by atoms with van der Waals surface area (Å²) in [5.41, 5.74) is 2.24. The minimum absolute atomic E-state index is 0.160. The van der Waals surface area contributed by atoms with Gasteiger partial charge in [0.25, 0.3) is 5.56 Å². The fourth-order valence-electron chi connectivity index (χ4n) is 2.34. The number of fused-ring (bicyclic) bond motifs is 1.